The first-order valence-electron chi connectivity index (χ1n) is 14.8. The van der Waals surface area contributed by atoms with Gasteiger partial charge in [-0.1, -0.05) is 56.8 Å². The molecular weight excluding hydrogens is 633 g/mol. The molecule has 14 heteroatoms. The van der Waals surface area contributed by atoms with E-state index in [1.807, 2.05) is 57.2 Å². The first kappa shape index (κ1) is 33.5. The Hall–Kier alpha value is -4.85. The summed E-state index contributed by atoms with van der Waals surface area (Å²) < 4.78 is 48.1. The molecule has 1 N–H and O–H groups in total. The van der Waals surface area contributed by atoms with E-state index in [1.165, 1.54) is 51.9 Å². The lowest BCUT2D eigenvalue weighted by Gasteiger charge is -2.22. The van der Waals surface area contributed by atoms with E-state index in [-0.39, 0.29) is 29.2 Å². The van der Waals surface area contributed by atoms with Crippen LogP contribution in [-0.4, -0.2) is 57.6 Å². The van der Waals surface area contributed by atoms with Crippen molar-refractivity contribution < 1.29 is 32.2 Å². The highest BCUT2D eigenvalue weighted by atomic mass is 32.2. The molecule has 10 nitrogen and oxygen atoms in total. The number of aliphatic imine (C=N–C) groups is 1. The molecule has 3 amide bonds. The average molecular weight is 667 g/mol. The van der Waals surface area contributed by atoms with Crippen molar-refractivity contribution in [2.24, 2.45) is 4.99 Å². The number of amidine groups is 1. The zero-order valence-corrected chi connectivity index (χ0v) is 26.9. The van der Waals surface area contributed by atoms with E-state index < -0.39 is 12.4 Å². The van der Waals surface area contributed by atoms with Crippen LogP contribution in [0.25, 0.3) is 17.1 Å². The highest BCUT2D eigenvalue weighted by molar-refractivity contribution is 8.15. The lowest BCUT2D eigenvalue weighted by atomic mass is 9.95. The summed E-state index contributed by atoms with van der Waals surface area (Å²) in [5, 5.41) is 7.67. The number of nitrogens with zero attached hydrogens (tertiary/aromatic N) is 5. The van der Waals surface area contributed by atoms with Gasteiger partial charge in [0.1, 0.15) is 17.8 Å². The van der Waals surface area contributed by atoms with Crippen LogP contribution < -0.4 is 19.7 Å². The van der Waals surface area contributed by atoms with Crippen molar-refractivity contribution in [2.45, 2.75) is 45.4 Å². The molecule has 0 aliphatic carbocycles. The summed E-state index contributed by atoms with van der Waals surface area (Å²) >= 11 is 1.22. The molecule has 1 unspecified atom stereocenters. The van der Waals surface area contributed by atoms with Gasteiger partial charge < -0.3 is 14.8 Å². The first-order valence-corrected chi connectivity index (χ1v) is 15.8. The second-order valence-electron chi connectivity index (χ2n) is 11.0. The summed E-state index contributed by atoms with van der Waals surface area (Å²) in [6, 6.07) is 17.9. The molecule has 1 aromatic heterocycles. The number of methoxy groups -OCH3 is 1. The second-order valence-corrected chi connectivity index (χ2v) is 11.9. The highest BCUT2D eigenvalue weighted by Crippen LogP contribution is 2.36. The molecule has 1 atom stereocenters. The van der Waals surface area contributed by atoms with Gasteiger partial charge >= 0.3 is 12.4 Å². The maximum absolute atomic E-state index is 12.9. The van der Waals surface area contributed by atoms with E-state index in [1.54, 1.807) is 13.2 Å². The van der Waals surface area contributed by atoms with Gasteiger partial charge in [0.05, 0.1) is 24.2 Å². The van der Waals surface area contributed by atoms with Crippen molar-refractivity contribution in [1.29, 1.82) is 0 Å². The number of halogens is 3. The largest absolute Gasteiger partial charge is 0.573 e. The van der Waals surface area contributed by atoms with Gasteiger partial charge in [-0.15, -0.1) is 18.3 Å². The number of amides is 3. The van der Waals surface area contributed by atoms with Crippen LogP contribution in [-0.2, 0) is 4.79 Å². The molecule has 1 saturated heterocycles. The Morgan fingerprint density at radius 2 is 1.77 bits per heavy atom. The van der Waals surface area contributed by atoms with Crippen LogP contribution in [0.1, 0.15) is 50.2 Å². The number of alkyl halides is 3. The number of urea groups is 1. The molecular formula is C33H33F3N6O4S. The summed E-state index contributed by atoms with van der Waals surface area (Å²) in [7, 11) is 1.59. The molecule has 1 fully saturated rings. The fourth-order valence-corrected chi connectivity index (χ4v) is 5.93. The Labute approximate surface area is 274 Å². The third-order valence-corrected chi connectivity index (χ3v) is 8.44. The van der Waals surface area contributed by atoms with Crippen molar-refractivity contribution in [1.82, 2.24) is 20.1 Å². The standard InChI is InChI=1S/C33H33F3N6O4S/c1-5-21(17-37-31(44)39-32-42(29(43)18-47-32)28-15-14-26(45-4)16-27(28)20(2)3)22-6-8-23(9-7-22)30-38-19-41(40-30)24-10-12-25(13-11-24)46-33(34,35)36/h6-16,19-21H,5,17-18H2,1-4H3,(H,37,44)/b39-32-. The summed E-state index contributed by atoms with van der Waals surface area (Å²) in [6.07, 6.45) is -2.54. The van der Waals surface area contributed by atoms with Gasteiger partial charge in [-0.2, -0.15) is 4.99 Å². The zero-order valence-electron chi connectivity index (χ0n) is 26.1. The number of carbonyl (C=O) groups excluding carboxylic acids is 2. The van der Waals surface area contributed by atoms with Crippen molar-refractivity contribution in [3.8, 4) is 28.6 Å². The molecule has 0 saturated carbocycles. The summed E-state index contributed by atoms with van der Waals surface area (Å²) in [4.78, 5) is 35.9. The van der Waals surface area contributed by atoms with Gasteiger partial charge in [0, 0.05) is 18.0 Å². The summed E-state index contributed by atoms with van der Waals surface area (Å²) in [6.45, 7) is 6.41. The number of rotatable bonds is 10. The van der Waals surface area contributed by atoms with E-state index in [0.717, 1.165) is 23.1 Å². The third kappa shape index (κ3) is 8.12. The summed E-state index contributed by atoms with van der Waals surface area (Å²) in [5.41, 5.74) is 3.86. The van der Waals surface area contributed by atoms with Crippen LogP contribution in [0.3, 0.4) is 0 Å². The number of hydrogen-bond acceptors (Lipinski definition) is 7. The Morgan fingerprint density at radius 3 is 2.40 bits per heavy atom. The number of carbonyl (C=O) groups is 2. The quantitative estimate of drug-likeness (QED) is 0.189. The fourth-order valence-electron chi connectivity index (χ4n) is 5.07. The van der Waals surface area contributed by atoms with Gasteiger partial charge in [-0.25, -0.2) is 14.5 Å². The Balaban J connectivity index is 1.23. The monoisotopic (exact) mass is 666 g/mol. The van der Waals surface area contributed by atoms with Gasteiger partial charge in [0.25, 0.3) is 0 Å². The van der Waals surface area contributed by atoms with Gasteiger partial charge in [-0.05, 0) is 65.9 Å². The Morgan fingerprint density at radius 1 is 1.06 bits per heavy atom. The van der Waals surface area contributed by atoms with Crippen LogP contribution in [0.2, 0.25) is 0 Å². The number of hydrogen-bond donors (Lipinski definition) is 1. The van der Waals surface area contributed by atoms with Gasteiger partial charge in [0.15, 0.2) is 11.0 Å². The molecule has 1 aliphatic rings. The molecule has 0 radical (unpaired) electrons. The van der Waals surface area contributed by atoms with Crippen LogP contribution in [0.5, 0.6) is 11.5 Å². The van der Waals surface area contributed by atoms with Crippen LogP contribution >= 0.6 is 11.8 Å². The minimum atomic E-state index is -4.76. The lowest BCUT2D eigenvalue weighted by Crippen LogP contribution is -2.33. The Kier molecular flexibility index (Phi) is 10.2. The second kappa shape index (κ2) is 14.3. The van der Waals surface area contributed by atoms with Crippen LogP contribution in [0, 0.1) is 0 Å². The third-order valence-electron chi connectivity index (χ3n) is 7.52. The van der Waals surface area contributed by atoms with Crippen molar-refractivity contribution >= 4 is 34.6 Å². The molecule has 246 valence electrons. The minimum absolute atomic E-state index is 0.000698. The van der Waals surface area contributed by atoms with E-state index in [2.05, 4.69) is 25.1 Å². The molecule has 0 spiro atoms. The summed E-state index contributed by atoms with van der Waals surface area (Å²) in [5.74, 6) is 0.955. The number of nitrogens with one attached hydrogen (secondary N) is 1. The molecule has 4 aromatic rings. The van der Waals surface area contributed by atoms with Gasteiger partial charge in [0.2, 0.25) is 5.91 Å². The van der Waals surface area contributed by atoms with E-state index in [9.17, 15) is 22.8 Å². The predicted octanol–water partition coefficient (Wildman–Crippen LogP) is 7.30. The van der Waals surface area contributed by atoms with E-state index in [0.29, 0.717) is 34.7 Å². The van der Waals surface area contributed by atoms with Crippen molar-refractivity contribution in [3.63, 3.8) is 0 Å². The molecule has 5 rings (SSSR count). The highest BCUT2D eigenvalue weighted by Gasteiger charge is 2.33. The van der Waals surface area contributed by atoms with E-state index in [4.69, 9.17) is 4.74 Å². The first-order chi connectivity index (χ1) is 22.5. The molecule has 47 heavy (non-hydrogen) atoms. The average Bonchev–Trinajstić information content (AvgIpc) is 3.68. The van der Waals surface area contributed by atoms with E-state index >= 15 is 0 Å². The van der Waals surface area contributed by atoms with Crippen molar-refractivity contribution in [2.75, 3.05) is 24.3 Å². The molecule has 3 aromatic carbocycles. The number of aromatic nitrogens is 3. The van der Waals surface area contributed by atoms with Gasteiger partial charge in [-0.3, -0.25) is 9.69 Å². The maximum Gasteiger partial charge on any atom is 0.573 e. The maximum atomic E-state index is 12.9. The lowest BCUT2D eigenvalue weighted by molar-refractivity contribution is -0.274. The number of ether oxygens (including phenoxy) is 2. The molecule has 2 heterocycles. The molecule has 1 aliphatic heterocycles. The zero-order chi connectivity index (χ0) is 33.7. The van der Waals surface area contributed by atoms with Crippen molar-refractivity contribution in [3.05, 3.63) is 84.2 Å². The minimum Gasteiger partial charge on any atom is -0.497 e. The van der Waals surface area contributed by atoms with Crippen LogP contribution in [0.4, 0.5) is 23.7 Å². The normalized spacial score (nSPS) is 14.9. The SMILES string of the molecule is CCC(CNC(=O)/N=C1\SCC(=O)N1c1ccc(OC)cc1C(C)C)c1ccc(-c2ncn(-c3ccc(OC(F)(F)F)cc3)n2)cc1. The Bertz CT molecular complexity index is 1760. The fraction of sp³-hybridized carbons (Fsp3) is 0.303. The smallest absolute Gasteiger partial charge is 0.497 e. The number of benzene rings is 3. The number of anilines is 1. The molecule has 0 bridgehead atoms. The topological polar surface area (TPSA) is 111 Å². The van der Waals surface area contributed by atoms with Crippen LogP contribution in [0.15, 0.2) is 78.0 Å². The predicted molar refractivity (Wildman–Crippen MR) is 174 cm³/mol. The number of thioether (sulfide) groups is 1.